The number of hydrogen-bond acceptors (Lipinski definition) is 5. The number of halogens is 1. The lowest BCUT2D eigenvalue weighted by Crippen LogP contribution is -2.25. The van der Waals surface area contributed by atoms with Gasteiger partial charge in [0.1, 0.15) is 0 Å². The van der Waals surface area contributed by atoms with Gasteiger partial charge in [0.15, 0.2) is 5.82 Å². The number of anilines is 3. The van der Waals surface area contributed by atoms with E-state index in [0.717, 1.165) is 35.2 Å². The third kappa shape index (κ3) is 3.65. The number of rotatable bonds is 3. The van der Waals surface area contributed by atoms with Crippen LogP contribution in [-0.2, 0) is 0 Å². The van der Waals surface area contributed by atoms with Crippen molar-refractivity contribution < 1.29 is 0 Å². The minimum Gasteiger partial charge on any atom is -0.355 e. The monoisotopic (exact) mass is 317 g/mol. The average Bonchev–Trinajstić information content (AvgIpc) is 2.80. The molecule has 116 valence electrons. The number of aryl methyl sites for hydroxylation is 1. The second kappa shape index (κ2) is 6.92. The van der Waals surface area contributed by atoms with Crippen molar-refractivity contribution in [2.75, 3.05) is 23.3 Å². The Kier molecular flexibility index (Phi) is 4.73. The lowest BCUT2D eigenvalue weighted by Gasteiger charge is -2.21. The maximum absolute atomic E-state index is 6.15. The first-order chi connectivity index (χ1) is 10.7. The van der Waals surface area contributed by atoms with Gasteiger partial charge < -0.3 is 10.2 Å². The average molecular weight is 318 g/mol. The molecule has 1 aliphatic heterocycles. The molecule has 1 aromatic heterocycles. The molecule has 0 aliphatic carbocycles. The molecule has 0 saturated carbocycles. The minimum absolute atomic E-state index is 0.502. The summed E-state index contributed by atoms with van der Waals surface area (Å²) in [5.74, 6) is 1.39. The van der Waals surface area contributed by atoms with Crippen molar-refractivity contribution in [1.29, 1.82) is 0 Å². The molecule has 1 fully saturated rings. The third-order valence-corrected chi connectivity index (χ3v) is 4.31. The molecule has 1 saturated heterocycles. The van der Waals surface area contributed by atoms with Gasteiger partial charge in [0.2, 0.25) is 5.95 Å². The normalized spacial score (nSPS) is 15.5. The summed E-state index contributed by atoms with van der Waals surface area (Å²) in [6, 6.07) is 5.80. The van der Waals surface area contributed by atoms with Crippen LogP contribution < -0.4 is 10.2 Å². The number of aromatic nitrogens is 3. The first-order valence-electron chi connectivity index (χ1n) is 7.70. The highest BCUT2D eigenvalue weighted by atomic mass is 35.5. The molecular formula is C16H20ClN5. The van der Waals surface area contributed by atoms with Crippen molar-refractivity contribution >= 4 is 29.1 Å². The van der Waals surface area contributed by atoms with Crippen molar-refractivity contribution in [3.63, 3.8) is 0 Å². The van der Waals surface area contributed by atoms with E-state index >= 15 is 0 Å². The standard InChI is InChI=1S/C16H20ClN5/c1-12-6-7-13(10-14(12)17)19-16-20-15(11-18-21-16)22-8-4-2-3-5-9-22/h6-7,10-11H,2-5,8-9H2,1H3,(H,19,20,21). The largest absolute Gasteiger partial charge is 0.355 e. The molecule has 22 heavy (non-hydrogen) atoms. The lowest BCUT2D eigenvalue weighted by atomic mass is 10.2. The summed E-state index contributed by atoms with van der Waals surface area (Å²) in [6.45, 7) is 4.05. The molecule has 1 aromatic carbocycles. The van der Waals surface area contributed by atoms with Gasteiger partial charge in [-0.25, -0.2) is 0 Å². The molecule has 0 amide bonds. The molecule has 1 N–H and O–H groups in total. The van der Waals surface area contributed by atoms with Crippen LogP contribution in [-0.4, -0.2) is 28.3 Å². The summed E-state index contributed by atoms with van der Waals surface area (Å²) < 4.78 is 0. The Labute approximate surface area is 135 Å². The van der Waals surface area contributed by atoms with Crippen LogP contribution in [0.1, 0.15) is 31.2 Å². The van der Waals surface area contributed by atoms with Gasteiger partial charge in [-0.3, -0.25) is 0 Å². The molecule has 2 aromatic rings. The SMILES string of the molecule is Cc1ccc(Nc2nncc(N3CCCCCC3)n2)cc1Cl. The third-order valence-electron chi connectivity index (χ3n) is 3.90. The van der Waals surface area contributed by atoms with Gasteiger partial charge in [-0.05, 0) is 37.5 Å². The molecule has 0 bridgehead atoms. The molecule has 5 nitrogen and oxygen atoms in total. The van der Waals surface area contributed by atoms with Gasteiger partial charge >= 0.3 is 0 Å². The molecule has 0 atom stereocenters. The molecule has 2 heterocycles. The van der Waals surface area contributed by atoms with E-state index in [4.69, 9.17) is 11.6 Å². The molecule has 1 aliphatic rings. The first-order valence-corrected chi connectivity index (χ1v) is 8.08. The zero-order chi connectivity index (χ0) is 15.4. The fourth-order valence-corrected chi connectivity index (χ4v) is 2.78. The van der Waals surface area contributed by atoms with E-state index in [-0.39, 0.29) is 0 Å². The fourth-order valence-electron chi connectivity index (χ4n) is 2.60. The predicted octanol–water partition coefficient (Wildman–Crippen LogP) is 3.96. The minimum atomic E-state index is 0.502. The number of hydrogen-bond donors (Lipinski definition) is 1. The Morgan fingerprint density at radius 1 is 1.14 bits per heavy atom. The van der Waals surface area contributed by atoms with E-state index in [9.17, 15) is 0 Å². The van der Waals surface area contributed by atoms with Crippen LogP contribution in [0.25, 0.3) is 0 Å². The summed E-state index contributed by atoms with van der Waals surface area (Å²) in [7, 11) is 0. The van der Waals surface area contributed by atoms with Gasteiger partial charge in [0.25, 0.3) is 0 Å². The maximum atomic E-state index is 6.15. The Morgan fingerprint density at radius 2 is 1.91 bits per heavy atom. The lowest BCUT2D eigenvalue weighted by molar-refractivity contribution is 0.726. The second-order valence-corrected chi connectivity index (χ2v) is 6.04. The smallest absolute Gasteiger partial charge is 0.249 e. The molecule has 0 spiro atoms. The van der Waals surface area contributed by atoms with Crippen LogP contribution in [0, 0.1) is 6.92 Å². The Balaban J connectivity index is 1.76. The van der Waals surface area contributed by atoms with Gasteiger partial charge in [0.05, 0.1) is 6.20 Å². The van der Waals surface area contributed by atoms with E-state index in [0.29, 0.717) is 5.95 Å². The molecule has 3 rings (SSSR count). The Morgan fingerprint density at radius 3 is 2.64 bits per heavy atom. The topological polar surface area (TPSA) is 53.9 Å². The second-order valence-electron chi connectivity index (χ2n) is 5.63. The van der Waals surface area contributed by atoms with Crippen molar-refractivity contribution in [2.24, 2.45) is 0 Å². The predicted molar refractivity (Wildman–Crippen MR) is 90.0 cm³/mol. The zero-order valence-corrected chi connectivity index (χ0v) is 13.5. The van der Waals surface area contributed by atoms with Crippen LogP contribution in [0.4, 0.5) is 17.5 Å². The van der Waals surface area contributed by atoms with Gasteiger partial charge in [-0.1, -0.05) is 30.5 Å². The maximum Gasteiger partial charge on any atom is 0.249 e. The Hall–Kier alpha value is -1.88. The summed E-state index contributed by atoms with van der Waals surface area (Å²) in [5, 5.41) is 12.0. The molecule has 6 heteroatoms. The fraction of sp³-hybridized carbons (Fsp3) is 0.438. The molecular weight excluding hydrogens is 298 g/mol. The number of nitrogens with one attached hydrogen (secondary N) is 1. The summed E-state index contributed by atoms with van der Waals surface area (Å²) >= 11 is 6.15. The van der Waals surface area contributed by atoms with Crippen LogP contribution in [0.5, 0.6) is 0 Å². The highest BCUT2D eigenvalue weighted by molar-refractivity contribution is 6.31. The van der Waals surface area contributed by atoms with Gasteiger partial charge in [0, 0.05) is 23.8 Å². The van der Waals surface area contributed by atoms with Gasteiger partial charge in [-0.15, -0.1) is 5.10 Å². The van der Waals surface area contributed by atoms with Crippen LogP contribution >= 0.6 is 11.6 Å². The van der Waals surface area contributed by atoms with Crippen molar-refractivity contribution in [3.05, 3.63) is 35.0 Å². The van der Waals surface area contributed by atoms with Crippen LogP contribution in [0.15, 0.2) is 24.4 Å². The van der Waals surface area contributed by atoms with Crippen LogP contribution in [0.2, 0.25) is 5.02 Å². The summed E-state index contributed by atoms with van der Waals surface area (Å²) in [5.41, 5.74) is 1.91. The zero-order valence-electron chi connectivity index (χ0n) is 12.7. The van der Waals surface area contributed by atoms with Crippen molar-refractivity contribution in [2.45, 2.75) is 32.6 Å². The number of benzene rings is 1. The van der Waals surface area contributed by atoms with E-state index in [1.54, 1.807) is 6.20 Å². The molecule has 0 unspecified atom stereocenters. The van der Waals surface area contributed by atoms with E-state index in [1.165, 1.54) is 25.7 Å². The summed E-state index contributed by atoms with van der Waals surface area (Å²) in [4.78, 5) is 6.87. The van der Waals surface area contributed by atoms with E-state index in [2.05, 4.69) is 25.4 Å². The van der Waals surface area contributed by atoms with Crippen molar-refractivity contribution in [3.8, 4) is 0 Å². The quantitative estimate of drug-likeness (QED) is 0.928. The number of nitrogens with zero attached hydrogens (tertiary/aromatic N) is 4. The molecule has 0 radical (unpaired) electrons. The summed E-state index contributed by atoms with van der Waals surface area (Å²) in [6.07, 6.45) is 6.74. The van der Waals surface area contributed by atoms with E-state index < -0.39 is 0 Å². The van der Waals surface area contributed by atoms with E-state index in [1.807, 2.05) is 25.1 Å². The highest BCUT2D eigenvalue weighted by Gasteiger charge is 2.12. The van der Waals surface area contributed by atoms with Crippen LogP contribution in [0.3, 0.4) is 0 Å². The first kappa shape index (κ1) is 15.0. The Bertz CT molecular complexity index is 638. The highest BCUT2D eigenvalue weighted by Crippen LogP contribution is 2.23. The van der Waals surface area contributed by atoms with Crippen molar-refractivity contribution in [1.82, 2.24) is 15.2 Å². The van der Waals surface area contributed by atoms with Gasteiger partial charge in [-0.2, -0.15) is 10.1 Å².